The molecule has 76 valence electrons. The first-order chi connectivity index (χ1) is 5.91. The molecule has 0 N–H and O–H groups in total. The molecule has 0 aromatic rings. The molecule has 1 fully saturated rings. The fraction of sp³-hybridized carbons (Fsp3) is 0.889. The summed E-state index contributed by atoms with van der Waals surface area (Å²) >= 11 is 1.21. The smallest absolute Gasteiger partial charge is 0.248 e. The summed E-state index contributed by atoms with van der Waals surface area (Å²) in [5.74, 6) is -2.56. The number of thioether (sulfide) groups is 1. The van der Waals surface area contributed by atoms with Gasteiger partial charge in [-0.15, -0.1) is 0 Å². The molecular formula is C9H14F2OS. The Bertz CT molecular complexity index is 206. The molecule has 1 rings (SSSR count). The summed E-state index contributed by atoms with van der Waals surface area (Å²) in [6.45, 7) is 3.29. The van der Waals surface area contributed by atoms with E-state index in [1.54, 1.807) is 6.92 Å². The van der Waals surface area contributed by atoms with Crippen LogP contribution in [-0.4, -0.2) is 16.3 Å². The summed E-state index contributed by atoms with van der Waals surface area (Å²) in [5.41, 5.74) is 0. The van der Waals surface area contributed by atoms with Crippen LogP contribution in [0.1, 0.15) is 33.1 Å². The molecule has 0 amide bonds. The number of carbonyl (C=O) groups excluding carboxylic acids is 1. The minimum Gasteiger partial charge on any atom is -0.288 e. The second kappa shape index (κ2) is 3.95. The number of hydrogen-bond donors (Lipinski definition) is 0. The van der Waals surface area contributed by atoms with Crippen molar-refractivity contribution in [2.24, 2.45) is 5.92 Å². The Kier molecular flexibility index (Phi) is 3.33. The maximum absolute atomic E-state index is 12.9. The Labute approximate surface area is 81.3 Å². The van der Waals surface area contributed by atoms with Gasteiger partial charge in [0.05, 0.1) is 0 Å². The molecule has 13 heavy (non-hydrogen) atoms. The number of halogens is 2. The highest BCUT2D eigenvalue weighted by Gasteiger charge is 2.39. The Hall–Kier alpha value is -0.120. The van der Waals surface area contributed by atoms with Gasteiger partial charge in [-0.05, 0) is 12.3 Å². The second-order valence-electron chi connectivity index (χ2n) is 3.72. The molecule has 4 heteroatoms. The van der Waals surface area contributed by atoms with Crippen molar-refractivity contribution in [2.45, 2.75) is 44.3 Å². The van der Waals surface area contributed by atoms with Crippen LogP contribution in [0.2, 0.25) is 0 Å². The van der Waals surface area contributed by atoms with Crippen molar-refractivity contribution in [2.75, 3.05) is 0 Å². The molecule has 0 radical (unpaired) electrons. The molecule has 0 aromatic carbocycles. The molecule has 0 saturated heterocycles. The lowest BCUT2D eigenvalue weighted by Crippen LogP contribution is -2.33. The first-order valence-electron chi connectivity index (χ1n) is 4.46. The van der Waals surface area contributed by atoms with Gasteiger partial charge in [0.15, 0.2) is 5.12 Å². The highest BCUT2D eigenvalue weighted by molar-refractivity contribution is 8.14. The van der Waals surface area contributed by atoms with Crippen LogP contribution in [-0.2, 0) is 4.79 Å². The van der Waals surface area contributed by atoms with E-state index < -0.39 is 5.92 Å². The van der Waals surface area contributed by atoms with Crippen LogP contribution in [0.3, 0.4) is 0 Å². The highest BCUT2D eigenvalue weighted by Crippen LogP contribution is 2.41. The van der Waals surface area contributed by atoms with Crippen molar-refractivity contribution < 1.29 is 13.6 Å². The van der Waals surface area contributed by atoms with Gasteiger partial charge in [-0.3, -0.25) is 4.79 Å². The number of rotatable bonds is 1. The minimum absolute atomic E-state index is 0.0297. The van der Waals surface area contributed by atoms with E-state index in [4.69, 9.17) is 0 Å². The molecule has 1 aliphatic rings. The van der Waals surface area contributed by atoms with Crippen molar-refractivity contribution in [3.05, 3.63) is 0 Å². The molecule has 0 spiro atoms. The quantitative estimate of drug-likeness (QED) is 0.658. The topological polar surface area (TPSA) is 17.1 Å². The average Bonchev–Trinajstić information content (AvgIpc) is 1.93. The summed E-state index contributed by atoms with van der Waals surface area (Å²) in [6.07, 6.45) is 0.318. The lowest BCUT2D eigenvalue weighted by molar-refractivity contribution is -0.109. The fourth-order valence-corrected chi connectivity index (χ4v) is 2.72. The van der Waals surface area contributed by atoms with Crippen LogP contribution in [0, 0.1) is 5.92 Å². The van der Waals surface area contributed by atoms with E-state index in [2.05, 4.69) is 0 Å². The lowest BCUT2D eigenvalue weighted by atomic mass is 9.87. The Balaban J connectivity index is 2.49. The van der Waals surface area contributed by atoms with E-state index in [1.807, 2.05) is 0 Å². The molecule has 1 nitrogen and oxygen atoms in total. The van der Waals surface area contributed by atoms with Crippen molar-refractivity contribution in [3.63, 3.8) is 0 Å². The van der Waals surface area contributed by atoms with Gasteiger partial charge in [0.2, 0.25) is 5.92 Å². The average molecular weight is 208 g/mol. The second-order valence-corrected chi connectivity index (χ2v) is 5.14. The summed E-state index contributed by atoms with van der Waals surface area (Å²) in [4.78, 5) is 10.8. The van der Waals surface area contributed by atoms with Crippen LogP contribution in [0.4, 0.5) is 8.78 Å². The molecule has 0 heterocycles. The summed E-state index contributed by atoms with van der Waals surface area (Å²) in [7, 11) is 0. The van der Waals surface area contributed by atoms with Gasteiger partial charge in [-0.1, -0.05) is 18.7 Å². The minimum atomic E-state index is -2.51. The number of alkyl halides is 2. The molecule has 0 bridgehead atoms. The van der Waals surface area contributed by atoms with E-state index in [1.165, 1.54) is 18.7 Å². The summed E-state index contributed by atoms with van der Waals surface area (Å²) in [5, 5.41) is 0.124. The van der Waals surface area contributed by atoms with E-state index in [0.29, 0.717) is 6.42 Å². The molecule has 0 aliphatic heterocycles. The van der Waals surface area contributed by atoms with Gasteiger partial charge in [0.1, 0.15) is 0 Å². The fourth-order valence-electron chi connectivity index (χ4n) is 1.73. The summed E-state index contributed by atoms with van der Waals surface area (Å²) < 4.78 is 25.7. The maximum atomic E-state index is 12.9. The Morgan fingerprint density at radius 3 is 2.62 bits per heavy atom. The molecule has 0 aromatic heterocycles. The van der Waals surface area contributed by atoms with Crippen molar-refractivity contribution in [1.82, 2.24) is 0 Å². The van der Waals surface area contributed by atoms with Crippen LogP contribution < -0.4 is 0 Å². The van der Waals surface area contributed by atoms with E-state index >= 15 is 0 Å². The predicted octanol–water partition coefficient (Wildman–Crippen LogP) is 3.09. The van der Waals surface area contributed by atoms with Crippen LogP contribution in [0.25, 0.3) is 0 Å². The van der Waals surface area contributed by atoms with Crippen molar-refractivity contribution in [1.29, 1.82) is 0 Å². The summed E-state index contributed by atoms with van der Waals surface area (Å²) in [6, 6.07) is 0. The Morgan fingerprint density at radius 2 is 2.15 bits per heavy atom. The third kappa shape index (κ3) is 3.25. The monoisotopic (exact) mass is 208 g/mol. The lowest BCUT2D eigenvalue weighted by Gasteiger charge is -2.32. The third-order valence-electron chi connectivity index (χ3n) is 2.37. The zero-order valence-corrected chi connectivity index (χ0v) is 8.66. The van der Waals surface area contributed by atoms with Crippen LogP contribution in [0.15, 0.2) is 0 Å². The van der Waals surface area contributed by atoms with Crippen molar-refractivity contribution >= 4 is 16.9 Å². The predicted molar refractivity (Wildman–Crippen MR) is 50.0 cm³/mol. The molecule has 1 saturated carbocycles. The molecule has 2 unspecified atom stereocenters. The standard InChI is InChI=1S/C9H14F2OS/c1-6-5-9(10,11)4-3-8(6)13-7(2)12/h6,8H,3-5H2,1-2H3. The van der Waals surface area contributed by atoms with E-state index in [-0.39, 0.29) is 29.1 Å². The first kappa shape index (κ1) is 11.0. The van der Waals surface area contributed by atoms with E-state index in [0.717, 1.165) is 0 Å². The SMILES string of the molecule is CC(=O)SC1CCC(F)(F)CC1C. The van der Waals surface area contributed by atoms with Gasteiger partial charge < -0.3 is 0 Å². The molecule has 1 aliphatic carbocycles. The Morgan fingerprint density at radius 1 is 1.54 bits per heavy atom. The highest BCUT2D eigenvalue weighted by atomic mass is 32.2. The number of hydrogen-bond acceptors (Lipinski definition) is 2. The van der Waals surface area contributed by atoms with E-state index in [9.17, 15) is 13.6 Å². The van der Waals surface area contributed by atoms with Gasteiger partial charge in [0, 0.05) is 25.0 Å². The van der Waals surface area contributed by atoms with Crippen LogP contribution >= 0.6 is 11.8 Å². The normalized spacial score (nSPS) is 32.9. The van der Waals surface area contributed by atoms with Crippen molar-refractivity contribution in [3.8, 4) is 0 Å². The van der Waals surface area contributed by atoms with Crippen LogP contribution in [0.5, 0.6) is 0 Å². The zero-order chi connectivity index (χ0) is 10.1. The van der Waals surface area contributed by atoms with Gasteiger partial charge in [-0.2, -0.15) is 0 Å². The maximum Gasteiger partial charge on any atom is 0.248 e. The number of carbonyl (C=O) groups is 1. The first-order valence-corrected chi connectivity index (χ1v) is 5.34. The molecular weight excluding hydrogens is 194 g/mol. The third-order valence-corrected chi connectivity index (χ3v) is 3.70. The van der Waals surface area contributed by atoms with Gasteiger partial charge in [-0.25, -0.2) is 8.78 Å². The zero-order valence-electron chi connectivity index (χ0n) is 7.85. The van der Waals surface area contributed by atoms with Gasteiger partial charge in [0.25, 0.3) is 0 Å². The largest absolute Gasteiger partial charge is 0.288 e. The molecule has 2 atom stereocenters. The van der Waals surface area contributed by atoms with Gasteiger partial charge >= 0.3 is 0 Å².